The fraction of sp³-hybridized carbons (Fsp3) is 0.231. The van der Waals surface area contributed by atoms with Gasteiger partial charge in [-0.05, 0) is 34.1 Å². The Bertz CT molecular complexity index is 767. The van der Waals surface area contributed by atoms with Crippen molar-refractivity contribution in [2.24, 2.45) is 14.1 Å². The van der Waals surface area contributed by atoms with Gasteiger partial charge in [0.05, 0.1) is 11.6 Å². The molecule has 1 aromatic carbocycles. The predicted molar refractivity (Wildman–Crippen MR) is 83.4 cm³/mol. The smallest absolute Gasteiger partial charge is 0.330 e. The number of anilines is 1. The highest BCUT2D eigenvalue weighted by atomic mass is 79.9. The van der Waals surface area contributed by atoms with Crippen LogP contribution in [0.25, 0.3) is 0 Å². The number of benzene rings is 1. The van der Waals surface area contributed by atoms with Gasteiger partial charge in [0.2, 0.25) is 0 Å². The van der Waals surface area contributed by atoms with Crippen LogP contribution in [0.5, 0.6) is 0 Å². The van der Waals surface area contributed by atoms with Crippen LogP contribution in [-0.2, 0) is 20.6 Å². The molecule has 1 N–H and O–H groups in total. The fourth-order valence-electron chi connectivity index (χ4n) is 1.75. The summed E-state index contributed by atoms with van der Waals surface area (Å²) in [6.45, 7) is 0.361. The van der Waals surface area contributed by atoms with Crippen LogP contribution in [0.4, 0.5) is 5.69 Å². The molecular formula is C13H13BrClN3O2. The van der Waals surface area contributed by atoms with Gasteiger partial charge in [0.25, 0.3) is 5.56 Å². The monoisotopic (exact) mass is 357 g/mol. The summed E-state index contributed by atoms with van der Waals surface area (Å²) in [5.74, 6) is 0. The van der Waals surface area contributed by atoms with Gasteiger partial charge in [-0.15, -0.1) is 0 Å². The van der Waals surface area contributed by atoms with E-state index in [0.29, 0.717) is 17.3 Å². The third-order valence-electron chi connectivity index (χ3n) is 3.02. The first-order chi connectivity index (χ1) is 9.40. The number of rotatable bonds is 3. The zero-order valence-corrected chi connectivity index (χ0v) is 13.3. The third kappa shape index (κ3) is 2.96. The van der Waals surface area contributed by atoms with E-state index in [1.54, 1.807) is 13.1 Å². The Morgan fingerprint density at radius 2 is 1.90 bits per heavy atom. The molecule has 106 valence electrons. The Morgan fingerprint density at radius 3 is 2.55 bits per heavy atom. The summed E-state index contributed by atoms with van der Waals surface area (Å²) in [5, 5.41) is 3.72. The Kier molecular flexibility index (Phi) is 4.35. The van der Waals surface area contributed by atoms with E-state index in [1.165, 1.54) is 17.7 Å². The highest BCUT2D eigenvalue weighted by molar-refractivity contribution is 9.10. The molecule has 0 fully saturated rings. The maximum atomic E-state index is 11.8. The van der Waals surface area contributed by atoms with E-state index in [9.17, 15) is 9.59 Å². The lowest BCUT2D eigenvalue weighted by Crippen LogP contribution is -2.38. The highest BCUT2D eigenvalue weighted by Crippen LogP contribution is 2.25. The van der Waals surface area contributed by atoms with Gasteiger partial charge in [0, 0.05) is 36.0 Å². The van der Waals surface area contributed by atoms with Gasteiger partial charge in [-0.2, -0.15) is 0 Å². The summed E-state index contributed by atoms with van der Waals surface area (Å²) in [5.41, 5.74) is 0.755. The Balaban J connectivity index is 2.25. The number of aromatic nitrogens is 2. The van der Waals surface area contributed by atoms with Crippen molar-refractivity contribution in [2.75, 3.05) is 5.32 Å². The molecule has 5 nitrogen and oxygen atoms in total. The van der Waals surface area contributed by atoms with Crippen molar-refractivity contribution in [3.63, 3.8) is 0 Å². The van der Waals surface area contributed by atoms with E-state index >= 15 is 0 Å². The average Bonchev–Trinajstić information content (AvgIpc) is 2.42. The largest absolute Gasteiger partial charge is 0.379 e. The van der Waals surface area contributed by atoms with E-state index in [4.69, 9.17) is 11.6 Å². The predicted octanol–water partition coefficient (Wildman–Crippen LogP) is 2.11. The van der Waals surface area contributed by atoms with Crippen LogP contribution in [0.1, 0.15) is 5.69 Å². The van der Waals surface area contributed by atoms with Gasteiger partial charge < -0.3 is 5.32 Å². The van der Waals surface area contributed by atoms with Crippen molar-refractivity contribution < 1.29 is 0 Å². The van der Waals surface area contributed by atoms with Crippen molar-refractivity contribution in [1.82, 2.24) is 9.13 Å². The maximum absolute atomic E-state index is 11.8. The van der Waals surface area contributed by atoms with Gasteiger partial charge >= 0.3 is 5.69 Å². The fourth-order valence-corrected chi connectivity index (χ4v) is 2.17. The summed E-state index contributed by atoms with van der Waals surface area (Å²) in [7, 11) is 3.09. The summed E-state index contributed by atoms with van der Waals surface area (Å²) in [6.07, 6.45) is 0. The molecule has 0 aliphatic rings. The first kappa shape index (κ1) is 14.9. The van der Waals surface area contributed by atoms with Crippen LogP contribution in [0.15, 0.2) is 38.3 Å². The maximum Gasteiger partial charge on any atom is 0.330 e. The van der Waals surface area contributed by atoms with Gasteiger partial charge in [-0.3, -0.25) is 13.9 Å². The van der Waals surface area contributed by atoms with Gasteiger partial charge in [-0.1, -0.05) is 11.6 Å². The molecule has 0 unspecified atom stereocenters. The Hall–Kier alpha value is -1.53. The van der Waals surface area contributed by atoms with Crippen LogP contribution in [-0.4, -0.2) is 9.13 Å². The number of nitrogens with zero attached hydrogens (tertiary/aromatic N) is 2. The lowest BCUT2D eigenvalue weighted by atomic mass is 10.3. The second kappa shape index (κ2) is 5.85. The van der Waals surface area contributed by atoms with E-state index in [1.807, 2.05) is 12.1 Å². The quantitative estimate of drug-likeness (QED) is 0.914. The standard InChI is InChI=1S/C13H13BrClN3O2/c1-17-9(6-12(19)18(2)13(17)20)7-16-8-3-4-10(14)11(15)5-8/h3-6,16H,7H2,1-2H3. The minimum Gasteiger partial charge on any atom is -0.379 e. The number of nitrogens with one attached hydrogen (secondary N) is 1. The second-order valence-corrected chi connectivity index (χ2v) is 5.62. The molecule has 20 heavy (non-hydrogen) atoms. The van der Waals surface area contributed by atoms with Crippen LogP contribution in [0, 0.1) is 0 Å². The van der Waals surface area contributed by atoms with Gasteiger partial charge in [-0.25, -0.2) is 4.79 Å². The molecule has 1 aromatic heterocycles. The van der Waals surface area contributed by atoms with Crippen molar-refractivity contribution >= 4 is 33.2 Å². The number of halogens is 2. The lowest BCUT2D eigenvalue weighted by Gasteiger charge is -2.11. The van der Waals surface area contributed by atoms with Crippen LogP contribution < -0.4 is 16.6 Å². The first-order valence-electron chi connectivity index (χ1n) is 5.85. The molecule has 0 amide bonds. The molecule has 0 radical (unpaired) electrons. The molecule has 1 heterocycles. The molecular weight excluding hydrogens is 346 g/mol. The summed E-state index contributed by atoms with van der Waals surface area (Å²) in [4.78, 5) is 23.4. The van der Waals surface area contributed by atoms with Crippen LogP contribution in [0.3, 0.4) is 0 Å². The molecule has 0 aliphatic heterocycles. The van der Waals surface area contributed by atoms with Gasteiger partial charge in [0.1, 0.15) is 0 Å². The molecule has 7 heteroatoms. The Morgan fingerprint density at radius 1 is 1.20 bits per heavy atom. The van der Waals surface area contributed by atoms with Crippen molar-refractivity contribution in [1.29, 1.82) is 0 Å². The third-order valence-corrected chi connectivity index (χ3v) is 4.25. The minimum absolute atomic E-state index is 0.321. The summed E-state index contributed by atoms with van der Waals surface area (Å²) < 4.78 is 3.32. The zero-order valence-electron chi connectivity index (χ0n) is 11.0. The molecule has 0 aliphatic carbocycles. The number of hydrogen-bond acceptors (Lipinski definition) is 3. The van der Waals surface area contributed by atoms with Crippen molar-refractivity contribution in [3.05, 3.63) is 60.3 Å². The van der Waals surface area contributed by atoms with Crippen LogP contribution in [0.2, 0.25) is 5.02 Å². The average molecular weight is 359 g/mol. The normalized spacial score (nSPS) is 10.6. The van der Waals surface area contributed by atoms with E-state index in [-0.39, 0.29) is 11.2 Å². The molecule has 2 aromatic rings. The summed E-state index contributed by atoms with van der Waals surface area (Å²) in [6, 6.07) is 6.89. The van der Waals surface area contributed by atoms with Crippen molar-refractivity contribution in [3.8, 4) is 0 Å². The van der Waals surface area contributed by atoms with Crippen LogP contribution >= 0.6 is 27.5 Å². The second-order valence-electron chi connectivity index (χ2n) is 4.36. The topological polar surface area (TPSA) is 56.0 Å². The molecule has 0 saturated carbocycles. The van der Waals surface area contributed by atoms with E-state index in [0.717, 1.165) is 14.7 Å². The number of hydrogen-bond donors (Lipinski definition) is 1. The molecule has 0 atom stereocenters. The molecule has 0 saturated heterocycles. The minimum atomic E-state index is -0.344. The molecule has 2 rings (SSSR count). The van der Waals surface area contributed by atoms with E-state index < -0.39 is 0 Å². The SMILES string of the molecule is Cn1c(CNc2ccc(Br)c(Cl)c2)cc(=O)n(C)c1=O. The molecule has 0 spiro atoms. The zero-order chi connectivity index (χ0) is 14.9. The van der Waals surface area contributed by atoms with E-state index in [2.05, 4.69) is 21.2 Å². The Labute approximate surface area is 128 Å². The molecule has 0 bridgehead atoms. The van der Waals surface area contributed by atoms with Crippen molar-refractivity contribution in [2.45, 2.75) is 6.54 Å². The highest BCUT2D eigenvalue weighted by Gasteiger charge is 2.06. The summed E-state index contributed by atoms with van der Waals surface area (Å²) >= 11 is 9.32. The van der Waals surface area contributed by atoms with Gasteiger partial charge in [0.15, 0.2) is 0 Å². The first-order valence-corrected chi connectivity index (χ1v) is 7.02. The lowest BCUT2D eigenvalue weighted by molar-refractivity contribution is 0.655.